The van der Waals surface area contributed by atoms with Gasteiger partial charge in [-0.15, -0.1) is 0 Å². The number of anilines is 3. The molecular formula is C27H28BrN5O3. The van der Waals surface area contributed by atoms with Gasteiger partial charge < -0.3 is 25.0 Å². The fourth-order valence-electron chi connectivity index (χ4n) is 3.81. The normalized spacial score (nSPS) is 15.4. The smallest absolute Gasteiger partial charge is 0.228 e. The molecule has 36 heavy (non-hydrogen) atoms. The Hall–Kier alpha value is -3.45. The quantitative estimate of drug-likeness (QED) is 0.352. The number of hydrogen-bond donors (Lipinski definition) is 2. The van der Waals surface area contributed by atoms with Crippen LogP contribution in [0.25, 0.3) is 10.9 Å². The van der Waals surface area contributed by atoms with Gasteiger partial charge in [-0.25, -0.2) is 0 Å². The Labute approximate surface area is 219 Å². The maximum atomic E-state index is 12.8. The molecule has 1 saturated heterocycles. The standard InChI is InChI=1S/C27H28BrN5O3/c1-33(2)10-4-3-8-26(34)32-24-13-22-23(14-25(24)36-21-9-11-35-17-21)30-16-18(15-29)27(22)31-20-7-5-6-19(28)12-20/h3-7,12-14,16,21H,8-11,17H2,1-2H3,(H,30,31)(H,32,34)/b4-3+/t21-/m0/s1. The van der Waals surface area contributed by atoms with Gasteiger partial charge in [0.15, 0.2) is 0 Å². The minimum atomic E-state index is -0.164. The summed E-state index contributed by atoms with van der Waals surface area (Å²) >= 11 is 3.48. The predicted octanol–water partition coefficient (Wildman–Crippen LogP) is 5.23. The van der Waals surface area contributed by atoms with Gasteiger partial charge in [0.2, 0.25) is 5.91 Å². The van der Waals surface area contributed by atoms with Crippen LogP contribution in [0.1, 0.15) is 18.4 Å². The number of rotatable bonds is 9. The number of pyridine rings is 1. The average Bonchev–Trinajstić information content (AvgIpc) is 3.36. The minimum Gasteiger partial charge on any atom is -0.486 e. The van der Waals surface area contributed by atoms with Crippen molar-refractivity contribution in [2.45, 2.75) is 18.9 Å². The molecule has 1 fully saturated rings. The lowest BCUT2D eigenvalue weighted by molar-refractivity contribution is -0.115. The molecule has 8 nitrogen and oxygen atoms in total. The molecule has 9 heteroatoms. The van der Waals surface area contributed by atoms with E-state index in [4.69, 9.17) is 9.47 Å². The molecule has 0 saturated carbocycles. The maximum Gasteiger partial charge on any atom is 0.228 e. The monoisotopic (exact) mass is 549 g/mol. The van der Waals surface area contributed by atoms with Crippen LogP contribution < -0.4 is 15.4 Å². The van der Waals surface area contributed by atoms with Gasteiger partial charge in [0.05, 0.1) is 35.7 Å². The van der Waals surface area contributed by atoms with E-state index in [1.807, 2.05) is 61.5 Å². The fourth-order valence-corrected chi connectivity index (χ4v) is 4.21. The van der Waals surface area contributed by atoms with E-state index >= 15 is 0 Å². The molecule has 1 amide bonds. The van der Waals surface area contributed by atoms with Crippen LogP contribution >= 0.6 is 15.9 Å². The van der Waals surface area contributed by atoms with E-state index in [9.17, 15) is 10.1 Å². The average molecular weight is 550 g/mol. The summed E-state index contributed by atoms with van der Waals surface area (Å²) in [6, 6.07) is 13.5. The van der Waals surface area contributed by atoms with Gasteiger partial charge in [-0.2, -0.15) is 5.26 Å². The first-order chi connectivity index (χ1) is 17.4. The van der Waals surface area contributed by atoms with E-state index in [-0.39, 0.29) is 18.4 Å². The molecule has 0 unspecified atom stereocenters. The molecule has 1 aromatic heterocycles. The zero-order valence-electron chi connectivity index (χ0n) is 20.3. The van der Waals surface area contributed by atoms with Crippen LogP contribution in [0.15, 0.2) is 59.2 Å². The summed E-state index contributed by atoms with van der Waals surface area (Å²) in [6.07, 6.45) is 6.25. The first kappa shape index (κ1) is 25.6. The van der Waals surface area contributed by atoms with Crippen LogP contribution in [0, 0.1) is 11.3 Å². The van der Waals surface area contributed by atoms with Gasteiger partial charge in [-0.1, -0.05) is 34.1 Å². The topological polar surface area (TPSA) is 99.5 Å². The van der Waals surface area contributed by atoms with Crippen molar-refractivity contribution in [3.8, 4) is 11.8 Å². The Bertz CT molecular complexity index is 1310. The fraction of sp³-hybridized carbons (Fsp3) is 0.296. The first-order valence-corrected chi connectivity index (χ1v) is 12.5. The molecule has 4 rings (SSSR count). The van der Waals surface area contributed by atoms with Gasteiger partial charge in [0.1, 0.15) is 17.9 Å². The van der Waals surface area contributed by atoms with Crippen LogP contribution in [0.4, 0.5) is 17.1 Å². The van der Waals surface area contributed by atoms with E-state index in [0.717, 1.165) is 23.1 Å². The number of hydrogen-bond acceptors (Lipinski definition) is 7. The van der Waals surface area contributed by atoms with Crippen molar-refractivity contribution in [2.75, 3.05) is 44.5 Å². The third-order valence-electron chi connectivity index (χ3n) is 5.58. The van der Waals surface area contributed by atoms with E-state index in [1.54, 1.807) is 12.3 Å². The number of nitrogens with zero attached hydrogens (tertiary/aromatic N) is 3. The number of benzene rings is 2. The second-order valence-electron chi connectivity index (χ2n) is 8.75. The number of carbonyl (C=O) groups is 1. The molecule has 0 spiro atoms. The molecule has 1 atom stereocenters. The number of ether oxygens (including phenoxy) is 2. The highest BCUT2D eigenvalue weighted by Crippen LogP contribution is 2.37. The molecule has 0 radical (unpaired) electrons. The minimum absolute atomic E-state index is 0.101. The number of nitrogens with one attached hydrogen (secondary N) is 2. The van der Waals surface area contributed by atoms with Crippen molar-refractivity contribution < 1.29 is 14.3 Å². The SMILES string of the molecule is CN(C)C/C=C/CC(=O)Nc1cc2c(Nc3cccc(Br)c3)c(C#N)cnc2cc1O[C@H]1CCOC1. The Morgan fingerprint density at radius 3 is 2.92 bits per heavy atom. The molecule has 2 aromatic carbocycles. The first-order valence-electron chi connectivity index (χ1n) is 11.7. The van der Waals surface area contributed by atoms with Crippen molar-refractivity contribution in [2.24, 2.45) is 0 Å². The third kappa shape index (κ3) is 6.61. The molecule has 2 N–H and O–H groups in total. The van der Waals surface area contributed by atoms with Crippen molar-refractivity contribution in [3.05, 3.63) is 64.8 Å². The number of aromatic nitrogens is 1. The Morgan fingerprint density at radius 2 is 2.19 bits per heavy atom. The van der Waals surface area contributed by atoms with Gasteiger partial charge in [-0.05, 0) is 38.4 Å². The van der Waals surface area contributed by atoms with E-state index < -0.39 is 0 Å². The molecule has 2 heterocycles. The molecule has 1 aliphatic rings. The zero-order valence-corrected chi connectivity index (χ0v) is 21.8. The lowest BCUT2D eigenvalue weighted by atomic mass is 10.1. The van der Waals surface area contributed by atoms with Crippen molar-refractivity contribution in [1.82, 2.24) is 9.88 Å². The number of fused-ring (bicyclic) bond motifs is 1. The van der Waals surface area contributed by atoms with E-state index in [1.165, 1.54) is 0 Å². The van der Waals surface area contributed by atoms with Crippen molar-refractivity contribution in [3.63, 3.8) is 0 Å². The largest absolute Gasteiger partial charge is 0.486 e. The molecular weight excluding hydrogens is 522 g/mol. The number of amides is 1. The predicted molar refractivity (Wildman–Crippen MR) is 145 cm³/mol. The third-order valence-corrected chi connectivity index (χ3v) is 6.07. The molecule has 1 aliphatic heterocycles. The zero-order chi connectivity index (χ0) is 25.5. The highest BCUT2D eigenvalue weighted by atomic mass is 79.9. The number of carbonyl (C=O) groups excluding carboxylic acids is 1. The molecule has 0 aliphatic carbocycles. The Balaban J connectivity index is 1.71. The molecule has 3 aromatic rings. The number of likely N-dealkylation sites (N-methyl/N-ethyl adjacent to an activating group) is 1. The second kappa shape index (κ2) is 12.0. The molecule has 0 bridgehead atoms. The summed E-state index contributed by atoms with van der Waals surface area (Å²) < 4.78 is 12.6. The second-order valence-corrected chi connectivity index (χ2v) is 9.66. The van der Waals surface area contributed by atoms with Crippen LogP contribution in [0.3, 0.4) is 0 Å². The number of halogens is 1. The summed E-state index contributed by atoms with van der Waals surface area (Å²) in [7, 11) is 3.94. The lowest BCUT2D eigenvalue weighted by Gasteiger charge is -2.19. The Kier molecular flexibility index (Phi) is 8.54. The molecule has 186 valence electrons. The lowest BCUT2D eigenvalue weighted by Crippen LogP contribution is -2.18. The van der Waals surface area contributed by atoms with Crippen LogP contribution in [-0.4, -0.2) is 55.7 Å². The highest BCUT2D eigenvalue weighted by Gasteiger charge is 2.21. The maximum absolute atomic E-state index is 12.8. The van der Waals surface area contributed by atoms with E-state index in [0.29, 0.717) is 46.8 Å². The van der Waals surface area contributed by atoms with E-state index in [2.05, 4.69) is 37.6 Å². The van der Waals surface area contributed by atoms with Crippen LogP contribution in [0.5, 0.6) is 5.75 Å². The summed E-state index contributed by atoms with van der Waals surface area (Å²) in [6.45, 7) is 1.89. The van der Waals surface area contributed by atoms with Crippen LogP contribution in [-0.2, 0) is 9.53 Å². The summed E-state index contributed by atoms with van der Waals surface area (Å²) in [5, 5.41) is 16.8. The Morgan fingerprint density at radius 1 is 1.33 bits per heavy atom. The van der Waals surface area contributed by atoms with Crippen molar-refractivity contribution in [1.29, 1.82) is 5.26 Å². The summed E-state index contributed by atoms with van der Waals surface area (Å²) in [4.78, 5) is 19.3. The van der Waals surface area contributed by atoms with Crippen LogP contribution in [0.2, 0.25) is 0 Å². The van der Waals surface area contributed by atoms with Gasteiger partial charge in [-0.3, -0.25) is 9.78 Å². The van der Waals surface area contributed by atoms with Gasteiger partial charge in [0.25, 0.3) is 0 Å². The van der Waals surface area contributed by atoms with Gasteiger partial charge >= 0.3 is 0 Å². The van der Waals surface area contributed by atoms with Crippen molar-refractivity contribution >= 4 is 49.8 Å². The number of nitriles is 1. The van der Waals surface area contributed by atoms with Gasteiger partial charge in [0, 0.05) is 47.2 Å². The summed E-state index contributed by atoms with van der Waals surface area (Å²) in [5.41, 5.74) is 2.98. The highest BCUT2D eigenvalue weighted by molar-refractivity contribution is 9.10. The summed E-state index contributed by atoms with van der Waals surface area (Å²) in [5.74, 6) is 0.358.